The van der Waals surface area contributed by atoms with Gasteiger partial charge >= 0.3 is 0 Å². The summed E-state index contributed by atoms with van der Waals surface area (Å²) in [6.45, 7) is 0. The molecule has 0 radical (unpaired) electrons. The zero-order valence-electron chi connectivity index (χ0n) is 15.4. The number of benzene rings is 4. The number of hydrogen-bond acceptors (Lipinski definition) is 3. The Bertz CT molecular complexity index is 1380. The van der Waals surface area contributed by atoms with Gasteiger partial charge in [-0.3, -0.25) is 19.3 Å². The van der Waals surface area contributed by atoms with E-state index in [-0.39, 0.29) is 17.3 Å². The monoisotopic (exact) mass is 399 g/mol. The highest BCUT2D eigenvalue weighted by Crippen LogP contribution is 2.40. The van der Waals surface area contributed by atoms with Gasteiger partial charge in [0.2, 0.25) is 0 Å². The van der Waals surface area contributed by atoms with Crippen LogP contribution in [-0.2, 0) is 0 Å². The molecule has 0 saturated carbocycles. The van der Waals surface area contributed by atoms with Crippen molar-refractivity contribution in [2.45, 2.75) is 0 Å². The van der Waals surface area contributed by atoms with E-state index >= 15 is 0 Å². The molecule has 1 aliphatic heterocycles. The van der Waals surface area contributed by atoms with Crippen LogP contribution in [0.4, 0.5) is 0 Å². The molecule has 5 heteroatoms. The zero-order valence-corrected chi connectivity index (χ0v) is 16.2. The Labute approximate surface area is 171 Å². The molecule has 0 atom stereocenters. The lowest BCUT2D eigenvalue weighted by Gasteiger charge is -2.26. The number of fused-ring (bicyclic) bond motifs is 2. The predicted octanol–water partition coefficient (Wildman–Crippen LogP) is 5.10. The van der Waals surface area contributed by atoms with Crippen molar-refractivity contribution < 1.29 is 14.4 Å². The first-order valence-corrected chi connectivity index (χ1v) is 9.47. The number of nitrogens with zero attached hydrogens (tertiary/aromatic N) is 1. The molecular weight excluding hydrogens is 386 g/mol. The molecule has 2 amide bonds. The Morgan fingerprint density at radius 2 is 1.59 bits per heavy atom. The average molecular weight is 400 g/mol. The van der Waals surface area contributed by atoms with Crippen molar-refractivity contribution >= 4 is 50.7 Å². The first-order chi connectivity index (χ1) is 14.0. The lowest BCUT2D eigenvalue weighted by molar-refractivity contribution is 0.0648. The second kappa shape index (κ2) is 6.26. The standard InChI is InChI=1S/C24H14ClNO3/c1-26-23(28)17-9-5-8-15-18-12-14(25)10-11-16(18)20(21(19(15)17)24(26)29)22(27)13-6-3-2-4-7-13/h2-12H,1H3. The van der Waals surface area contributed by atoms with Crippen molar-refractivity contribution in [3.8, 4) is 0 Å². The van der Waals surface area contributed by atoms with E-state index in [4.69, 9.17) is 11.6 Å². The zero-order chi connectivity index (χ0) is 20.3. The summed E-state index contributed by atoms with van der Waals surface area (Å²) < 4.78 is 0. The van der Waals surface area contributed by atoms with E-state index in [9.17, 15) is 14.4 Å². The van der Waals surface area contributed by atoms with Crippen molar-refractivity contribution in [1.29, 1.82) is 0 Å². The van der Waals surface area contributed by atoms with Gasteiger partial charge in [0.15, 0.2) is 5.78 Å². The summed E-state index contributed by atoms with van der Waals surface area (Å²) in [5.41, 5.74) is 1.45. The van der Waals surface area contributed by atoms with Gasteiger partial charge in [-0.05, 0) is 34.4 Å². The van der Waals surface area contributed by atoms with E-state index < -0.39 is 5.91 Å². The first-order valence-electron chi connectivity index (χ1n) is 9.09. The lowest BCUT2D eigenvalue weighted by Crippen LogP contribution is -2.38. The molecule has 0 aromatic heterocycles. The Hall–Kier alpha value is -3.50. The molecule has 0 spiro atoms. The average Bonchev–Trinajstić information content (AvgIpc) is 2.75. The highest BCUT2D eigenvalue weighted by molar-refractivity contribution is 6.37. The normalized spacial score (nSPS) is 13.4. The fourth-order valence-corrected chi connectivity index (χ4v) is 4.24. The topological polar surface area (TPSA) is 54.5 Å². The Balaban J connectivity index is 2.03. The fourth-order valence-electron chi connectivity index (χ4n) is 4.07. The summed E-state index contributed by atoms with van der Waals surface area (Å²) in [4.78, 5) is 40.6. The van der Waals surface area contributed by atoms with E-state index in [1.165, 1.54) is 7.05 Å². The largest absolute Gasteiger partial charge is 0.289 e. The Kier molecular flexibility index (Phi) is 3.80. The second-order valence-electron chi connectivity index (χ2n) is 7.03. The van der Waals surface area contributed by atoms with Crippen molar-refractivity contribution in [3.63, 3.8) is 0 Å². The second-order valence-corrected chi connectivity index (χ2v) is 7.47. The van der Waals surface area contributed by atoms with Crippen molar-refractivity contribution in [3.05, 3.63) is 94.0 Å². The lowest BCUT2D eigenvalue weighted by atomic mass is 9.83. The van der Waals surface area contributed by atoms with Gasteiger partial charge in [-0.1, -0.05) is 60.1 Å². The molecule has 0 aliphatic carbocycles. The summed E-state index contributed by atoms with van der Waals surface area (Å²) in [6, 6.07) is 19.4. The molecule has 0 unspecified atom stereocenters. The molecule has 140 valence electrons. The third kappa shape index (κ3) is 2.43. The summed E-state index contributed by atoms with van der Waals surface area (Å²) in [6.07, 6.45) is 0. The van der Waals surface area contributed by atoms with Crippen LogP contribution in [0.2, 0.25) is 5.02 Å². The van der Waals surface area contributed by atoms with Crippen LogP contribution in [0.1, 0.15) is 36.6 Å². The van der Waals surface area contributed by atoms with Crippen LogP contribution >= 0.6 is 11.6 Å². The SMILES string of the molecule is CN1C(=O)c2cccc3c2c(c(C(=O)c2ccccc2)c2ccc(Cl)cc23)C1=O. The summed E-state index contributed by atoms with van der Waals surface area (Å²) >= 11 is 6.25. The van der Waals surface area contributed by atoms with Gasteiger partial charge in [-0.2, -0.15) is 0 Å². The predicted molar refractivity (Wildman–Crippen MR) is 113 cm³/mol. The van der Waals surface area contributed by atoms with Gasteiger partial charge < -0.3 is 0 Å². The number of imide groups is 1. The molecular formula is C24H14ClNO3. The van der Waals surface area contributed by atoms with E-state index in [1.54, 1.807) is 54.6 Å². The number of amides is 2. The number of halogens is 1. The summed E-state index contributed by atoms with van der Waals surface area (Å²) in [5, 5.41) is 3.13. The first kappa shape index (κ1) is 17.6. The maximum atomic E-state index is 13.5. The molecule has 1 aliphatic rings. The van der Waals surface area contributed by atoms with E-state index in [1.807, 2.05) is 12.1 Å². The Morgan fingerprint density at radius 3 is 2.34 bits per heavy atom. The molecule has 0 saturated heterocycles. The minimum atomic E-state index is -0.477. The van der Waals surface area contributed by atoms with Crippen LogP contribution < -0.4 is 0 Å². The number of hydrogen-bond donors (Lipinski definition) is 0. The van der Waals surface area contributed by atoms with Crippen molar-refractivity contribution in [1.82, 2.24) is 4.90 Å². The van der Waals surface area contributed by atoms with Gasteiger partial charge in [0.1, 0.15) is 0 Å². The summed E-state index contributed by atoms with van der Waals surface area (Å²) in [7, 11) is 1.44. The highest BCUT2D eigenvalue weighted by Gasteiger charge is 2.35. The molecule has 4 nitrogen and oxygen atoms in total. The smallest absolute Gasteiger partial charge is 0.261 e. The maximum Gasteiger partial charge on any atom is 0.261 e. The Morgan fingerprint density at radius 1 is 0.828 bits per heavy atom. The summed E-state index contributed by atoms with van der Waals surface area (Å²) in [5.74, 6) is -1.12. The van der Waals surface area contributed by atoms with Gasteiger partial charge in [0.25, 0.3) is 11.8 Å². The van der Waals surface area contributed by atoms with Crippen LogP contribution in [-0.4, -0.2) is 29.5 Å². The minimum absolute atomic E-state index is 0.263. The van der Waals surface area contributed by atoms with Crippen LogP contribution in [0.5, 0.6) is 0 Å². The number of ketones is 1. The number of rotatable bonds is 2. The highest BCUT2D eigenvalue weighted by atomic mass is 35.5. The van der Waals surface area contributed by atoms with E-state index in [0.717, 1.165) is 15.7 Å². The fraction of sp³-hybridized carbons (Fsp3) is 0.0417. The van der Waals surface area contributed by atoms with Crippen LogP contribution in [0, 0.1) is 0 Å². The molecule has 1 heterocycles. The molecule has 29 heavy (non-hydrogen) atoms. The minimum Gasteiger partial charge on any atom is -0.289 e. The van der Waals surface area contributed by atoms with Crippen molar-refractivity contribution in [2.75, 3.05) is 7.05 Å². The van der Waals surface area contributed by atoms with Gasteiger partial charge in [-0.25, -0.2) is 0 Å². The molecule has 0 N–H and O–H groups in total. The van der Waals surface area contributed by atoms with E-state index in [2.05, 4.69) is 0 Å². The molecule has 4 aromatic carbocycles. The molecule has 0 bridgehead atoms. The van der Waals surface area contributed by atoms with Crippen LogP contribution in [0.15, 0.2) is 66.7 Å². The molecule has 4 aromatic rings. The van der Waals surface area contributed by atoms with Crippen LogP contribution in [0.25, 0.3) is 21.5 Å². The number of carbonyl (C=O) groups is 3. The van der Waals surface area contributed by atoms with E-state index in [0.29, 0.717) is 32.5 Å². The quantitative estimate of drug-likeness (QED) is 0.267. The van der Waals surface area contributed by atoms with Gasteiger partial charge in [0, 0.05) is 34.1 Å². The maximum absolute atomic E-state index is 13.5. The van der Waals surface area contributed by atoms with Crippen LogP contribution in [0.3, 0.4) is 0 Å². The number of carbonyl (C=O) groups excluding carboxylic acids is 3. The molecule has 0 fully saturated rings. The van der Waals surface area contributed by atoms with Crippen molar-refractivity contribution in [2.24, 2.45) is 0 Å². The van der Waals surface area contributed by atoms with Gasteiger partial charge in [0.05, 0.1) is 5.56 Å². The molecule has 5 rings (SSSR count). The van der Waals surface area contributed by atoms with Gasteiger partial charge in [-0.15, -0.1) is 0 Å². The third-order valence-corrected chi connectivity index (χ3v) is 5.66. The third-order valence-electron chi connectivity index (χ3n) is 5.42.